The van der Waals surface area contributed by atoms with E-state index in [0.717, 1.165) is 19.5 Å². The minimum atomic E-state index is -0.00224. The minimum Gasteiger partial charge on any atom is -0.383 e. The Balaban J connectivity index is 1.93. The summed E-state index contributed by atoms with van der Waals surface area (Å²) in [6.45, 7) is 2.47. The van der Waals surface area contributed by atoms with E-state index in [1.807, 2.05) is 0 Å². The Hall–Kier alpha value is -0.910. The Morgan fingerprint density at radius 1 is 1.53 bits per heavy atom. The molecule has 1 aromatic heterocycles. The maximum absolute atomic E-state index is 5.73. The molecular weight excluding hydrogens is 240 g/mol. The van der Waals surface area contributed by atoms with Crippen LogP contribution in [-0.4, -0.2) is 42.3 Å². The van der Waals surface area contributed by atoms with Crippen molar-refractivity contribution in [2.75, 3.05) is 32.1 Å². The fourth-order valence-electron chi connectivity index (χ4n) is 2.12. The number of hydrogen-bond acceptors (Lipinski definition) is 5. The van der Waals surface area contributed by atoms with E-state index in [-0.39, 0.29) is 5.54 Å². The number of nitrogens with zero attached hydrogens (tertiary/aromatic N) is 2. The molecular formula is C11H17ClN4O. The fourth-order valence-corrected chi connectivity index (χ4v) is 2.22. The summed E-state index contributed by atoms with van der Waals surface area (Å²) in [5.41, 5.74) is -0.00224. The Kier molecular flexibility index (Phi) is 4.15. The lowest BCUT2D eigenvalue weighted by Crippen LogP contribution is -2.49. The van der Waals surface area contributed by atoms with Crippen molar-refractivity contribution in [1.29, 1.82) is 0 Å². The monoisotopic (exact) mass is 256 g/mol. The van der Waals surface area contributed by atoms with Gasteiger partial charge in [-0.3, -0.25) is 0 Å². The van der Waals surface area contributed by atoms with E-state index in [0.29, 0.717) is 17.6 Å². The van der Waals surface area contributed by atoms with Crippen LogP contribution in [0.25, 0.3) is 0 Å². The fraction of sp³-hybridized carbons (Fsp3) is 0.636. The first-order valence-electron chi connectivity index (χ1n) is 5.69. The van der Waals surface area contributed by atoms with Crippen molar-refractivity contribution in [3.05, 3.63) is 17.4 Å². The van der Waals surface area contributed by atoms with Gasteiger partial charge in [0, 0.05) is 13.7 Å². The van der Waals surface area contributed by atoms with Crippen LogP contribution >= 0.6 is 11.6 Å². The average Bonchev–Trinajstić information content (AvgIpc) is 2.78. The third-order valence-electron chi connectivity index (χ3n) is 2.96. The summed E-state index contributed by atoms with van der Waals surface area (Å²) < 4.78 is 5.27. The topological polar surface area (TPSA) is 59.1 Å². The number of methoxy groups -OCH3 is 1. The maximum Gasteiger partial charge on any atom is 0.222 e. The van der Waals surface area contributed by atoms with Crippen molar-refractivity contribution in [2.24, 2.45) is 0 Å². The van der Waals surface area contributed by atoms with Crippen LogP contribution in [0, 0.1) is 0 Å². The molecule has 0 amide bonds. The van der Waals surface area contributed by atoms with E-state index in [4.69, 9.17) is 16.3 Å². The molecule has 2 heterocycles. The molecule has 1 aromatic rings. The Morgan fingerprint density at radius 2 is 2.29 bits per heavy atom. The first kappa shape index (κ1) is 12.5. The van der Waals surface area contributed by atoms with Gasteiger partial charge in [0.05, 0.1) is 29.6 Å². The van der Waals surface area contributed by atoms with Crippen LogP contribution in [0.4, 0.5) is 5.95 Å². The van der Waals surface area contributed by atoms with Gasteiger partial charge >= 0.3 is 0 Å². The van der Waals surface area contributed by atoms with Crippen molar-refractivity contribution in [2.45, 2.75) is 18.4 Å². The zero-order valence-electron chi connectivity index (χ0n) is 9.87. The van der Waals surface area contributed by atoms with E-state index in [1.54, 1.807) is 19.5 Å². The second-order valence-corrected chi connectivity index (χ2v) is 4.76. The highest BCUT2D eigenvalue weighted by atomic mass is 35.5. The summed E-state index contributed by atoms with van der Waals surface area (Å²) in [6.07, 6.45) is 5.44. The molecule has 2 rings (SSSR count). The van der Waals surface area contributed by atoms with E-state index in [1.165, 1.54) is 6.42 Å². The second-order valence-electron chi connectivity index (χ2n) is 4.32. The van der Waals surface area contributed by atoms with Gasteiger partial charge in [-0.25, -0.2) is 9.97 Å². The van der Waals surface area contributed by atoms with Gasteiger partial charge in [-0.05, 0) is 19.4 Å². The lowest BCUT2D eigenvalue weighted by Gasteiger charge is -2.28. The minimum absolute atomic E-state index is 0.00224. The lowest BCUT2D eigenvalue weighted by atomic mass is 9.99. The van der Waals surface area contributed by atoms with Gasteiger partial charge in [0.25, 0.3) is 0 Å². The van der Waals surface area contributed by atoms with Crippen LogP contribution in [0.2, 0.25) is 5.02 Å². The molecule has 1 saturated heterocycles. The Morgan fingerprint density at radius 3 is 2.88 bits per heavy atom. The van der Waals surface area contributed by atoms with Gasteiger partial charge in [-0.15, -0.1) is 0 Å². The van der Waals surface area contributed by atoms with Crippen LogP contribution in [-0.2, 0) is 4.74 Å². The highest BCUT2D eigenvalue weighted by molar-refractivity contribution is 6.30. The summed E-state index contributed by atoms with van der Waals surface area (Å²) >= 11 is 5.73. The third kappa shape index (κ3) is 3.28. The highest BCUT2D eigenvalue weighted by Gasteiger charge is 2.33. The standard InChI is InChI=1S/C11H17ClN4O/c1-17-8-11(3-2-4-16-11)7-15-10-13-5-9(12)6-14-10/h5-6,16H,2-4,7-8H2,1H3,(H,13,14,15). The molecule has 1 unspecified atom stereocenters. The van der Waals surface area contributed by atoms with Gasteiger partial charge in [0.15, 0.2) is 0 Å². The molecule has 1 aliphatic heterocycles. The quantitative estimate of drug-likeness (QED) is 0.832. The Bertz CT molecular complexity index is 351. The van der Waals surface area contributed by atoms with Gasteiger partial charge in [0.1, 0.15) is 0 Å². The van der Waals surface area contributed by atoms with Crippen molar-refractivity contribution in [1.82, 2.24) is 15.3 Å². The van der Waals surface area contributed by atoms with Gasteiger partial charge in [-0.2, -0.15) is 0 Å². The summed E-state index contributed by atoms with van der Waals surface area (Å²) in [6, 6.07) is 0. The molecule has 6 heteroatoms. The van der Waals surface area contributed by atoms with Crippen molar-refractivity contribution >= 4 is 17.5 Å². The second kappa shape index (κ2) is 5.62. The molecule has 94 valence electrons. The molecule has 17 heavy (non-hydrogen) atoms. The first-order valence-corrected chi connectivity index (χ1v) is 6.07. The molecule has 0 aliphatic carbocycles. The zero-order valence-corrected chi connectivity index (χ0v) is 10.6. The molecule has 1 fully saturated rings. The van der Waals surface area contributed by atoms with E-state index < -0.39 is 0 Å². The third-order valence-corrected chi connectivity index (χ3v) is 3.15. The molecule has 0 bridgehead atoms. The summed E-state index contributed by atoms with van der Waals surface area (Å²) in [5, 5.41) is 7.24. The van der Waals surface area contributed by atoms with Crippen LogP contribution in [0.5, 0.6) is 0 Å². The summed E-state index contributed by atoms with van der Waals surface area (Å²) in [4.78, 5) is 8.22. The predicted octanol–water partition coefficient (Wildman–Crippen LogP) is 1.31. The lowest BCUT2D eigenvalue weighted by molar-refractivity contribution is 0.127. The molecule has 1 atom stereocenters. The number of anilines is 1. The van der Waals surface area contributed by atoms with Crippen LogP contribution < -0.4 is 10.6 Å². The van der Waals surface area contributed by atoms with Crippen LogP contribution in [0.15, 0.2) is 12.4 Å². The molecule has 2 N–H and O–H groups in total. The van der Waals surface area contributed by atoms with E-state index in [2.05, 4.69) is 20.6 Å². The normalized spacial score (nSPS) is 23.9. The van der Waals surface area contributed by atoms with Gasteiger partial charge < -0.3 is 15.4 Å². The van der Waals surface area contributed by atoms with Crippen molar-refractivity contribution in [3.8, 4) is 0 Å². The number of rotatable bonds is 5. The smallest absolute Gasteiger partial charge is 0.222 e. The zero-order chi connectivity index (χ0) is 12.1. The number of hydrogen-bond donors (Lipinski definition) is 2. The first-order chi connectivity index (χ1) is 8.24. The number of halogens is 1. The van der Waals surface area contributed by atoms with Gasteiger partial charge in [-0.1, -0.05) is 11.6 Å². The van der Waals surface area contributed by atoms with E-state index >= 15 is 0 Å². The number of ether oxygens (including phenoxy) is 1. The molecule has 1 aliphatic rings. The molecule has 0 spiro atoms. The van der Waals surface area contributed by atoms with Crippen molar-refractivity contribution < 1.29 is 4.74 Å². The highest BCUT2D eigenvalue weighted by Crippen LogP contribution is 2.20. The molecule has 5 nitrogen and oxygen atoms in total. The molecule has 0 saturated carbocycles. The molecule has 0 aromatic carbocycles. The van der Waals surface area contributed by atoms with Crippen molar-refractivity contribution in [3.63, 3.8) is 0 Å². The van der Waals surface area contributed by atoms with Crippen LogP contribution in [0.1, 0.15) is 12.8 Å². The SMILES string of the molecule is COCC1(CNc2ncc(Cl)cn2)CCCN1. The maximum atomic E-state index is 5.73. The summed E-state index contributed by atoms with van der Waals surface area (Å²) in [5.74, 6) is 0.596. The van der Waals surface area contributed by atoms with Crippen LogP contribution in [0.3, 0.4) is 0 Å². The largest absolute Gasteiger partial charge is 0.383 e. The average molecular weight is 257 g/mol. The number of aromatic nitrogens is 2. The molecule has 0 radical (unpaired) electrons. The van der Waals surface area contributed by atoms with Gasteiger partial charge in [0.2, 0.25) is 5.95 Å². The Labute approximate surface area is 106 Å². The number of nitrogens with one attached hydrogen (secondary N) is 2. The van der Waals surface area contributed by atoms with E-state index in [9.17, 15) is 0 Å². The predicted molar refractivity (Wildman–Crippen MR) is 67.4 cm³/mol. The summed E-state index contributed by atoms with van der Waals surface area (Å²) in [7, 11) is 1.72.